The van der Waals surface area contributed by atoms with Gasteiger partial charge in [-0.1, -0.05) is 66.4 Å². The van der Waals surface area contributed by atoms with Crippen LogP contribution in [0.5, 0.6) is 0 Å². The zero-order valence-corrected chi connectivity index (χ0v) is 20.8. The van der Waals surface area contributed by atoms with Gasteiger partial charge in [0.2, 0.25) is 0 Å². The van der Waals surface area contributed by atoms with Crippen molar-refractivity contribution in [2.45, 2.75) is 44.6 Å². The first-order chi connectivity index (χ1) is 16.8. The van der Waals surface area contributed by atoms with Crippen LogP contribution >= 0.6 is 23.2 Å². The van der Waals surface area contributed by atoms with E-state index >= 15 is 0 Å². The normalized spacial score (nSPS) is 11.6. The van der Waals surface area contributed by atoms with Crippen LogP contribution < -0.4 is 11.1 Å². The molecule has 10 heteroatoms. The fourth-order valence-electron chi connectivity index (χ4n) is 3.17. The van der Waals surface area contributed by atoms with Gasteiger partial charge in [0.25, 0.3) is 0 Å². The number of aliphatic hydroxyl groups is 1. The Kier molecular flexibility index (Phi) is 12.6. The molecule has 0 saturated carbocycles. The maximum atomic E-state index is 11.7. The summed E-state index contributed by atoms with van der Waals surface area (Å²) in [5.41, 5.74) is 7.50. The number of hydrogen-bond acceptors (Lipinski definition) is 8. The van der Waals surface area contributed by atoms with Gasteiger partial charge >= 0.3 is 17.9 Å². The van der Waals surface area contributed by atoms with Crippen LogP contribution in [0.4, 0.5) is 5.69 Å². The van der Waals surface area contributed by atoms with E-state index in [1.807, 2.05) is 30.3 Å². The topological polar surface area (TPSA) is 128 Å². The van der Waals surface area contributed by atoms with E-state index in [2.05, 4.69) is 10.1 Å². The average Bonchev–Trinajstić information content (AvgIpc) is 2.84. The first-order valence-electron chi connectivity index (χ1n) is 11.4. The quantitative estimate of drug-likeness (QED) is 0.118. The predicted molar refractivity (Wildman–Crippen MR) is 134 cm³/mol. The number of nitrogen functional groups attached to an aromatic ring is 1. The van der Waals surface area contributed by atoms with Crippen LogP contribution in [0.3, 0.4) is 0 Å². The zero-order valence-electron chi connectivity index (χ0n) is 19.3. The molecule has 2 aromatic rings. The highest BCUT2D eigenvalue weighted by Crippen LogP contribution is 2.31. The molecule has 0 fully saturated rings. The standard InChI is InChI=1S/C25H30Cl2N2O6/c26-19-14-18(15-20(27)23(19)28)21(30)16-29-12-6-1-2-7-13-34-24(32)25(33)35-22(31)11-10-17-8-4-3-5-9-17/h3-5,8-9,14-15,21,29-30H,1-2,6-7,10-13,16,28H2. The fraction of sp³-hybridized carbons (Fsp3) is 0.400. The Morgan fingerprint density at radius 1 is 0.971 bits per heavy atom. The number of carbonyl (C=O) groups is 3. The number of nitrogens with two attached hydrogens (primary N) is 1. The Morgan fingerprint density at radius 3 is 2.31 bits per heavy atom. The number of benzene rings is 2. The highest BCUT2D eigenvalue weighted by atomic mass is 35.5. The first kappa shape index (κ1) is 28.6. The van der Waals surface area contributed by atoms with Crippen LogP contribution in [0.25, 0.3) is 0 Å². The lowest BCUT2D eigenvalue weighted by Gasteiger charge is -2.14. The van der Waals surface area contributed by atoms with Gasteiger partial charge in [0, 0.05) is 6.54 Å². The van der Waals surface area contributed by atoms with Crippen molar-refractivity contribution in [2.24, 2.45) is 0 Å². The molecule has 0 spiro atoms. The van der Waals surface area contributed by atoms with E-state index in [-0.39, 0.29) is 18.7 Å². The minimum atomic E-state index is -1.30. The second kappa shape index (κ2) is 15.4. The molecule has 1 unspecified atom stereocenters. The lowest BCUT2D eigenvalue weighted by molar-refractivity contribution is -0.173. The number of aryl methyl sites for hydroxylation is 1. The van der Waals surface area contributed by atoms with E-state index in [9.17, 15) is 19.5 Å². The summed E-state index contributed by atoms with van der Waals surface area (Å²) in [6.45, 7) is 1.09. The molecule has 0 bridgehead atoms. The zero-order chi connectivity index (χ0) is 25.6. The minimum absolute atomic E-state index is 0.00440. The van der Waals surface area contributed by atoms with Crippen LogP contribution in [0.15, 0.2) is 42.5 Å². The summed E-state index contributed by atoms with van der Waals surface area (Å²) in [4.78, 5) is 35.0. The molecule has 1 atom stereocenters. The van der Waals surface area contributed by atoms with Gasteiger partial charge in [-0.3, -0.25) is 4.79 Å². The van der Waals surface area contributed by atoms with Gasteiger partial charge in [0.05, 0.1) is 34.9 Å². The van der Waals surface area contributed by atoms with E-state index in [4.69, 9.17) is 33.7 Å². The number of hydrogen-bond donors (Lipinski definition) is 3. The third kappa shape index (κ3) is 10.7. The number of rotatable bonds is 13. The van der Waals surface area contributed by atoms with Crippen molar-refractivity contribution in [2.75, 3.05) is 25.4 Å². The number of esters is 3. The lowest BCUT2D eigenvalue weighted by atomic mass is 10.1. The second-order valence-electron chi connectivity index (χ2n) is 7.92. The molecule has 190 valence electrons. The smallest absolute Gasteiger partial charge is 0.425 e. The highest BCUT2D eigenvalue weighted by molar-refractivity contribution is 6.38. The summed E-state index contributed by atoms with van der Waals surface area (Å²) in [5, 5.41) is 14.0. The summed E-state index contributed by atoms with van der Waals surface area (Å²) in [5.74, 6) is -3.23. The molecule has 2 aromatic carbocycles. The lowest BCUT2D eigenvalue weighted by Crippen LogP contribution is -2.24. The number of nitrogens with one attached hydrogen (secondary N) is 1. The molecule has 0 radical (unpaired) electrons. The third-order valence-corrected chi connectivity index (χ3v) is 5.76. The maximum absolute atomic E-state index is 11.7. The van der Waals surface area contributed by atoms with E-state index < -0.39 is 24.0 Å². The number of ether oxygens (including phenoxy) is 2. The van der Waals surface area contributed by atoms with Gasteiger partial charge in [-0.2, -0.15) is 0 Å². The van der Waals surface area contributed by atoms with Crippen molar-refractivity contribution in [3.8, 4) is 0 Å². The van der Waals surface area contributed by atoms with Gasteiger partial charge in [-0.25, -0.2) is 9.59 Å². The summed E-state index contributed by atoms with van der Waals surface area (Å²) in [6.07, 6.45) is 2.72. The van der Waals surface area contributed by atoms with E-state index in [0.29, 0.717) is 41.5 Å². The van der Waals surface area contributed by atoms with Gasteiger partial charge in [-0.05, 0) is 49.1 Å². The monoisotopic (exact) mass is 524 g/mol. The SMILES string of the molecule is Nc1c(Cl)cc(C(O)CNCCCCCCOC(=O)C(=O)OC(=O)CCc2ccccc2)cc1Cl. The van der Waals surface area contributed by atoms with E-state index in [0.717, 1.165) is 24.8 Å². The molecular formula is C25H30Cl2N2O6. The molecule has 0 saturated heterocycles. The molecule has 0 aliphatic rings. The van der Waals surface area contributed by atoms with Crippen molar-refractivity contribution in [1.29, 1.82) is 0 Å². The van der Waals surface area contributed by atoms with Gasteiger partial charge in [-0.15, -0.1) is 0 Å². The number of aliphatic hydroxyl groups excluding tert-OH is 1. The van der Waals surface area contributed by atoms with Crippen molar-refractivity contribution in [3.63, 3.8) is 0 Å². The summed E-state index contributed by atoms with van der Waals surface area (Å²) in [7, 11) is 0. The van der Waals surface area contributed by atoms with Gasteiger partial charge < -0.3 is 25.6 Å². The number of anilines is 1. The van der Waals surface area contributed by atoms with E-state index in [1.54, 1.807) is 12.1 Å². The molecule has 2 rings (SSSR count). The van der Waals surface area contributed by atoms with Crippen molar-refractivity contribution < 1.29 is 29.0 Å². The molecular weight excluding hydrogens is 495 g/mol. The summed E-state index contributed by atoms with van der Waals surface area (Å²) < 4.78 is 9.38. The van der Waals surface area contributed by atoms with Gasteiger partial charge in [0.15, 0.2) is 0 Å². The van der Waals surface area contributed by atoms with E-state index in [1.165, 1.54) is 0 Å². The molecule has 0 aromatic heterocycles. The number of unbranched alkanes of at least 4 members (excludes halogenated alkanes) is 3. The van der Waals surface area contributed by atoms with Crippen LogP contribution in [-0.4, -0.2) is 42.7 Å². The number of carbonyl (C=O) groups excluding carboxylic acids is 3. The largest absolute Gasteiger partial charge is 0.457 e. The van der Waals surface area contributed by atoms with Crippen molar-refractivity contribution in [1.82, 2.24) is 5.32 Å². The van der Waals surface area contributed by atoms with Crippen molar-refractivity contribution in [3.05, 3.63) is 63.6 Å². The molecule has 0 aliphatic carbocycles. The predicted octanol–water partition coefficient (Wildman–Crippen LogP) is 4.00. The van der Waals surface area contributed by atoms with Crippen LogP contribution in [-0.2, 0) is 30.3 Å². The Labute approximate surface area is 214 Å². The molecule has 8 nitrogen and oxygen atoms in total. The maximum Gasteiger partial charge on any atom is 0.425 e. The minimum Gasteiger partial charge on any atom is -0.457 e. The third-order valence-electron chi connectivity index (χ3n) is 5.14. The van der Waals surface area contributed by atoms with Crippen molar-refractivity contribution >= 4 is 46.8 Å². The molecule has 4 N–H and O–H groups in total. The van der Waals surface area contributed by atoms with Gasteiger partial charge in [0.1, 0.15) is 0 Å². The van der Waals surface area contributed by atoms with Crippen LogP contribution in [0, 0.1) is 0 Å². The molecule has 0 heterocycles. The highest BCUT2D eigenvalue weighted by Gasteiger charge is 2.21. The average molecular weight is 525 g/mol. The molecule has 35 heavy (non-hydrogen) atoms. The molecule has 0 amide bonds. The fourth-order valence-corrected chi connectivity index (χ4v) is 3.67. The van der Waals surface area contributed by atoms with Crippen LogP contribution in [0.1, 0.15) is 49.3 Å². The first-order valence-corrected chi connectivity index (χ1v) is 12.1. The Bertz CT molecular complexity index is 964. The second-order valence-corrected chi connectivity index (χ2v) is 8.73. The Morgan fingerprint density at radius 2 is 1.63 bits per heavy atom. The molecule has 0 aliphatic heterocycles. The summed E-state index contributed by atoms with van der Waals surface area (Å²) in [6, 6.07) is 12.5. The number of halogens is 2. The Hall–Kier alpha value is -2.65. The Balaban J connectivity index is 1.49. The van der Waals surface area contributed by atoms with Crippen LogP contribution in [0.2, 0.25) is 10.0 Å². The summed E-state index contributed by atoms with van der Waals surface area (Å²) >= 11 is 12.0.